The standard InChI is InChI=1S/C18H24N2O3/c1-10(2)13-6-8-14(9-7-13)16-15(17(21)23-11(3)4)12(5)19-18(22)20-16/h6-11,16H,1-5H3,(H2,19,20,22)/t16-/m1/s1. The van der Waals surface area contributed by atoms with Crippen molar-refractivity contribution in [3.05, 3.63) is 46.7 Å². The van der Waals surface area contributed by atoms with Gasteiger partial charge in [-0.05, 0) is 37.8 Å². The van der Waals surface area contributed by atoms with Gasteiger partial charge in [0.2, 0.25) is 0 Å². The Kier molecular flexibility index (Phi) is 5.08. The van der Waals surface area contributed by atoms with Gasteiger partial charge in [-0.15, -0.1) is 0 Å². The largest absolute Gasteiger partial charge is 0.459 e. The SMILES string of the molecule is CC1=C(C(=O)OC(C)C)[C@@H](c2ccc(C(C)C)cc2)NC(=O)N1. The van der Waals surface area contributed by atoms with Crippen LogP contribution in [0.3, 0.4) is 0 Å². The van der Waals surface area contributed by atoms with E-state index in [0.29, 0.717) is 17.2 Å². The highest BCUT2D eigenvalue weighted by Crippen LogP contribution is 2.29. The van der Waals surface area contributed by atoms with E-state index in [1.807, 2.05) is 24.3 Å². The minimum absolute atomic E-state index is 0.218. The van der Waals surface area contributed by atoms with Gasteiger partial charge >= 0.3 is 12.0 Å². The molecule has 0 saturated carbocycles. The second-order valence-corrected chi connectivity index (χ2v) is 6.35. The van der Waals surface area contributed by atoms with Crippen molar-refractivity contribution >= 4 is 12.0 Å². The molecule has 1 heterocycles. The molecule has 2 amide bonds. The van der Waals surface area contributed by atoms with Gasteiger partial charge in [0.15, 0.2) is 0 Å². The molecular formula is C18H24N2O3. The third kappa shape index (κ3) is 3.92. The molecule has 0 bridgehead atoms. The number of carbonyl (C=O) groups excluding carboxylic acids is 2. The Morgan fingerprint density at radius 2 is 1.74 bits per heavy atom. The van der Waals surface area contributed by atoms with E-state index in [1.54, 1.807) is 20.8 Å². The smallest absolute Gasteiger partial charge is 0.338 e. The van der Waals surface area contributed by atoms with Crippen LogP contribution >= 0.6 is 0 Å². The zero-order valence-electron chi connectivity index (χ0n) is 14.3. The molecule has 0 aliphatic carbocycles. The fraction of sp³-hybridized carbons (Fsp3) is 0.444. The van der Waals surface area contributed by atoms with Crippen LogP contribution in [0.25, 0.3) is 0 Å². The molecule has 23 heavy (non-hydrogen) atoms. The van der Waals surface area contributed by atoms with Crippen molar-refractivity contribution in [1.82, 2.24) is 10.6 Å². The number of esters is 1. The van der Waals surface area contributed by atoms with Crippen molar-refractivity contribution in [2.75, 3.05) is 0 Å². The summed E-state index contributed by atoms with van der Waals surface area (Å²) in [4.78, 5) is 24.2. The van der Waals surface area contributed by atoms with Crippen molar-refractivity contribution in [3.63, 3.8) is 0 Å². The van der Waals surface area contributed by atoms with Crippen molar-refractivity contribution in [2.24, 2.45) is 0 Å². The Hall–Kier alpha value is -2.30. The first-order valence-corrected chi connectivity index (χ1v) is 7.88. The predicted octanol–water partition coefficient (Wildman–Crippen LogP) is 3.39. The highest BCUT2D eigenvalue weighted by Gasteiger charge is 2.32. The minimum Gasteiger partial charge on any atom is -0.459 e. The molecule has 0 aromatic heterocycles. The normalized spacial score (nSPS) is 18.0. The van der Waals surface area contributed by atoms with Crippen molar-refractivity contribution < 1.29 is 14.3 Å². The fourth-order valence-corrected chi connectivity index (χ4v) is 2.57. The number of carbonyl (C=O) groups is 2. The number of urea groups is 1. The van der Waals surface area contributed by atoms with Gasteiger partial charge in [-0.25, -0.2) is 9.59 Å². The summed E-state index contributed by atoms with van der Waals surface area (Å²) in [6.07, 6.45) is -0.218. The highest BCUT2D eigenvalue weighted by atomic mass is 16.5. The van der Waals surface area contributed by atoms with Gasteiger partial charge in [-0.1, -0.05) is 38.1 Å². The Bertz CT molecular complexity index is 630. The molecule has 0 spiro atoms. The van der Waals surface area contributed by atoms with Gasteiger partial charge in [0, 0.05) is 5.70 Å². The lowest BCUT2D eigenvalue weighted by atomic mass is 9.93. The molecular weight excluding hydrogens is 292 g/mol. The third-order valence-corrected chi connectivity index (χ3v) is 3.77. The van der Waals surface area contributed by atoms with Gasteiger partial charge in [-0.3, -0.25) is 0 Å². The molecule has 1 aromatic rings. The lowest BCUT2D eigenvalue weighted by molar-refractivity contribution is -0.143. The summed E-state index contributed by atoms with van der Waals surface area (Å²) in [5, 5.41) is 5.45. The molecule has 5 nitrogen and oxygen atoms in total. The molecule has 0 saturated heterocycles. The van der Waals surface area contributed by atoms with Crippen LogP contribution in [0.2, 0.25) is 0 Å². The van der Waals surface area contributed by atoms with Gasteiger partial charge in [0.05, 0.1) is 17.7 Å². The average molecular weight is 316 g/mol. The Morgan fingerprint density at radius 3 is 2.26 bits per heavy atom. The summed E-state index contributed by atoms with van der Waals surface area (Å²) in [5.41, 5.74) is 3.04. The summed E-state index contributed by atoms with van der Waals surface area (Å²) in [6, 6.07) is 7.12. The van der Waals surface area contributed by atoms with Crippen molar-refractivity contribution in [3.8, 4) is 0 Å². The molecule has 2 N–H and O–H groups in total. The van der Waals surface area contributed by atoms with E-state index in [9.17, 15) is 9.59 Å². The van der Waals surface area contributed by atoms with Gasteiger partial charge in [0.1, 0.15) is 0 Å². The molecule has 0 radical (unpaired) electrons. The second kappa shape index (κ2) is 6.86. The number of allylic oxidation sites excluding steroid dienone is 1. The highest BCUT2D eigenvalue weighted by molar-refractivity contribution is 5.95. The quantitative estimate of drug-likeness (QED) is 0.837. The van der Waals surface area contributed by atoms with Crippen LogP contribution in [0, 0.1) is 0 Å². The van der Waals surface area contributed by atoms with Crippen LogP contribution in [0.15, 0.2) is 35.5 Å². The van der Waals surface area contributed by atoms with Crippen LogP contribution in [0.1, 0.15) is 57.7 Å². The minimum atomic E-state index is -0.504. The van der Waals surface area contributed by atoms with E-state index >= 15 is 0 Å². The van der Waals surface area contributed by atoms with Crippen LogP contribution in [0.4, 0.5) is 4.79 Å². The zero-order valence-corrected chi connectivity index (χ0v) is 14.3. The number of hydrogen-bond donors (Lipinski definition) is 2. The molecule has 1 aliphatic rings. The number of rotatable bonds is 4. The molecule has 1 aliphatic heterocycles. The van der Waals surface area contributed by atoms with E-state index in [1.165, 1.54) is 5.56 Å². The molecule has 1 atom stereocenters. The van der Waals surface area contributed by atoms with Gasteiger partial charge in [0.25, 0.3) is 0 Å². The van der Waals surface area contributed by atoms with E-state index in [0.717, 1.165) is 5.56 Å². The number of nitrogens with one attached hydrogen (secondary N) is 2. The van der Waals surface area contributed by atoms with Crippen LogP contribution < -0.4 is 10.6 Å². The van der Waals surface area contributed by atoms with Crippen molar-refractivity contribution in [1.29, 1.82) is 0 Å². The lowest BCUT2D eigenvalue weighted by Crippen LogP contribution is -2.45. The molecule has 5 heteroatoms. The van der Waals surface area contributed by atoms with Crippen LogP contribution in [-0.4, -0.2) is 18.1 Å². The Balaban J connectivity index is 2.38. The predicted molar refractivity (Wildman–Crippen MR) is 88.9 cm³/mol. The average Bonchev–Trinajstić information content (AvgIpc) is 2.45. The zero-order chi connectivity index (χ0) is 17.1. The number of ether oxygens (including phenoxy) is 1. The number of benzene rings is 1. The van der Waals surface area contributed by atoms with E-state index < -0.39 is 12.0 Å². The van der Waals surface area contributed by atoms with Crippen LogP contribution in [-0.2, 0) is 9.53 Å². The second-order valence-electron chi connectivity index (χ2n) is 6.35. The Morgan fingerprint density at radius 1 is 1.13 bits per heavy atom. The first kappa shape index (κ1) is 17.1. The van der Waals surface area contributed by atoms with E-state index in [2.05, 4.69) is 24.5 Å². The molecule has 0 unspecified atom stereocenters. The molecule has 1 aromatic carbocycles. The monoisotopic (exact) mass is 316 g/mol. The van der Waals surface area contributed by atoms with Gasteiger partial charge in [-0.2, -0.15) is 0 Å². The summed E-state index contributed by atoms with van der Waals surface area (Å²) in [5.74, 6) is 0.0113. The maximum atomic E-state index is 12.4. The molecule has 0 fully saturated rings. The third-order valence-electron chi connectivity index (χ3n) is 3.77. The summed E-state index contributed by atoms with van der Waals surface area (Å²) in [7, 11) is 0. The first-order chi connectivity index (χ1) is 10.8. The van der Waals surface area contributed by atoms with Gasteiger partial charge < -0.3 is 15.4 Å². The topological polar surface area (TPSA) is 67.4 Å². The summed E-state index contributed by atoms with van der Waals surface area (Å²) < 4.78 is 5.32. The fourth-order valence-electron chi connectivity index (χ4n) is 2.57. The lowest BCUT2D eigenvalue weighted by Gasteiger charge is -2.28. The first-order valence-electron chi connectivity index (χ1n) is 7.88. The Labute approximate surface area is 137 Å². The molecule has 2 rings (SSSR count). The van der Waals surface area contributed by atoms with Crippen molar-refractivity contribution in [2.45, 2.75) is 52.7 Å². The van der Waals surface area contributed by atoms with Crippen LogP contribution in [0.5, 0.6) is 0 Å². The van der Waals surface area contributed by atoms with E-state index in [4.69, 9.17) is 4.74 Å². The van der Waals surface area contributed by atoms with E-state index in [-0.39, 0.29) is 12.1 Å². The summed E-state index contributed by atoms with van der Waals surface area (Å²) in [6.45, 7) is 9.56. The molecule has 124 valence electrons. The summed E-state index contributed by atoms with van der Waals surface area (Å²) >= 11 is 0. The number of hydrogen-bond acceptors (Lipinski definition) is 3. The number of amides is 2. The maximum absolute atomic E-state index is 12.4. The maximum Gasteiger partial charge on any atom is 0.338 e.